The quantitative estimate of drug-likeness (QED) is 0.842. The molecule has 1 N–H and O–H groups in total. The Hall–Kier alpha value is -1.91. The second kappa shape index (κ2) is 5.25. The van der Waals surface area contributed by atoms with E-state index in [0.717, 1.165) is 11.0 Å². The van der Waals surface area contributed by atoms with Crippen LogP contribution >= 0.6 is 0 Å². The van der Waals surface area contributed by atoms with E-state index >= 15 is 0 Å². The minimum absolute atomic E-state index is 0.156. The van der Waals surface area contributed by atoms with E-state index in [1.54, 1.807) is 6.92 Å². The molecular weight excluding hydrogens is 213 g/mol. The molecule has 0 unspecified atom stereocenters. The van der Waals surface area contributed by atoms with Gasteiger partial charge in [-0.2, -0.15) is 0 Å². The minimum atomic E-state index is -1.09. The second-order valence-electron chi connectivity index (χ2n) is 3.22. The van der Waals surface area contributed by atoms with Gasteiger partial charge in [-0.3, -0.25) is 9.59 Å². The predicted molar refractivity (Wildman–Crippen MR) is 55.6 cm³/mol. The van der Waals surface area contributed by atoms with Crippen LogP contribution in [0.4, 0.5) is 4.39 Å². The predicted octanol–water partition coefficient (Wildman–Crippen LogP) is 1.37. The Balaban J connectivity index is 2.86. The zero-order valence-corrected chi connectivity index (χ0v) is 8.81. The van der Waals surface area contributed by atoms with Crippen molar-refractivity contribution in [3.63, 3.8) is 0 Å². The first kappa shape index (κ1) is 12.2. The lowest BCUT2D eigenvalue weighted by atomic mass is 10.2. The van der Waals surface area contributed by atoms with E-state index in [4.69, 9.17) is 5.11 Å². The molecule has 0 aromatic heterocycles. The Labute approximate surface area is 92.3 Å². The maximum atomic E-state index is 12.9. The van der Waals surface area contributed by atoms with Gasteiger partial charge in [0.1, 0.15) is 12.4 Å². The third kappa shape index (κ3) is 3.05. The fourth-order valence-electron chi connectivity index (χ4n) is 1.29. The van der Waals surface area contributed by atoms with E-state index in [-0.39, 0.29) is 18.7 Å². The Bertz CT molecular complexity index is 406. The third-order valence-corrected chi connectivity index (χ3v) is 2.07. The van der Waals surface area contributed by atoms with Gasteiger partial charge >= 0.3 is 5.97 Å². The average molecular weight is 225 g/mol. The van der Waals surface area contributed by atoms with Crippen LogP contribution in [-0.4, -0.2) is 35.0 Å². The van der Waals surface area contributed by atoms with Gasteiger partial charge in [0.2, 0.25) is 0 Å². The first-order valence-corrected chi connectivity index (χ1v) is 4.81. The summed E-state index contributed by atoms with van der Waals surface area (Å²) in [4.78, 5) is 23.4. The molecule has 0 bridgehead atoms. The largest absolute Gasteiger partial charge is 0.480 e. The zero-order chi connectivity index (χ0) is 12.1. The van der Waals surface area contributed by atoms with Gasteiger partial charge in [-0.05, 0) is 25.1 Å². The monoisotopic (exact) mass is 225 g/mol. The molecule has 1 amide bonds. The van der Waals surface area contributed by atoms with Crippen LogP contribution in [-0.2, 0) is 4.79 Å². The topological polar surface area (TPSA) is 57.6 Å². The molecule has 0 saturated heterocycles. The van der Waals surface area contributed by atoms with Crippen LogP contribution < -0.4 is 0 Å². The van der Waals surface area contributed by atoms with E-state index in [9.17, 15) is 14.0 Å². The van der Waals surface area contributed by atoms with E-state index in [2.05, 4.69) is 0 Å². The maximum Gasteiger partial charge on any atom is 0.323 e. The van der Waals surface area contributed by atoms with Crippen molar-refractivity contribution in [1.29, 1.82) is 0 Å². The molecule has 16 heavy (non-hydrogen) atoms. The molecule has 86 valence electrons. The lowest BCUT2D eigenvalue weighted by Gasteiger charge is -2.18. The molecule has 1 rings (SSSR count). The summed E-state index contributed by atoms with van der Waals surface area (Å²) in [5.74, 6) is -2.09. The number of carbonyl (C=O) groups excluding carboxylic acids is 1. The molecule has 0 fully saturated rings. The number of halogens is 1. The smallest absolute Gasteiger partial charge is 0.323 e. The van der Waals surface area contributed by atoms with Crippen LogP contribution in [0.5, 0.6) is 0 Å². The summed E-state index contributed by atoms with van der Waals surface area (Å²) in [5, 5.41) is 8.60. The number of carbonyl (C=O) groups is 2. The summed E-state index contributed by atoms with van der Waals surface area (Å²) in [6, 6.07) is 5.18. The number of aliphatic carboxylic acids is 1. The highest BCUT2D eigenvalue weighted by Gasteiger charge is 2.16. The molecule has 5 heteroatoms. The number of likely N-dealkylation sites (N-methyl/N-ethyl adjacent to an activating group) is 1. The van der Waals surface area contributed by atoms with E-state index in [0.29, 0.717) is 0 Å². The van der Waals surface area contributed by atoms with Crippen LogP contribution in [0.3, 0.4) is 0 Å². The van der Waals surface area contributed by atoms with E-state index < -0.39 is 17.7 Å². The normalized spacial score (nSPS) is 9.88. The number of hydrogen-bond acceptors (Lipinski definition) is 2. The lowest BCUT2D eigenvalue weighted by Crippen LogP contribution is -2.35. The molecule has 1 aromatic rings. The number of rotatable bonds is 4. The minimum Gasteiger partial charge on any atom is -0.480 e. The van der Waals surface area contributed by atoms with Gasteiger partial charge in [0.15, 0.2) is 0 Å². The number of benzene rings is 1. The molecule has 0 radical (unpaired) electrons. The Morgan fingerprint density at radius 3 is 2.62 bits per heavy atom. The van der Waals surface area contributed by atoms with Crippen LogP contribution in [0.15, 0.2) is 24.3 Å². The second-order valence-corrected chi connectivity index (χ2v) is 3.22. The maximum absolute atomic E-state index is 12.9. The van der Waals surface area contributed by atoms with Crippen molar-refractivity contribution >= 4 is 11.9 Å². The number of amides is 1. The molecule has 4 nitrogen and oxygen atoms in total. The lowest BCUT2D eigenvalue weighted by molar-refractivity contribution is -0.137. The molecule has 0 aliphatic carbocycles. The van der Waals surface area contributed by atoms with Crippen molar-refractivity contribution in [3.05, 3.63) is 35.6 Å². The van der Waals surface area contributed by atoms with Gasteiger partial charge in [0, 0.05) is 12.1 Å². The van der Waals surface area contributed by atoms with Crippen molar-refractivity contribution < 1.29 is 19.1 Å². The summed E-state index contributed by atoms with van der Waals surface area (Å²) in [5.41, 5.74) is 0.156. The molecule has 0 atom stereocenters. The highest BCUT2D eigenvalue weighted by molar-refractivity contribution is 5.95. The summed E-state index contributed by atoms with van der Waals surface area (Å²) >= 11 is 0. The van der Waals surface area contributed by atoms with Gasteiger partial charge in [-0.15, -0.1) is 0 Å². The molecule has 0 aliphatic rings. The van der Waals surface area contributed by atoms with Crippen LogP contribution in [0, 0.1) is 5.82 Å². The fourth-order valence-corrected chi connectivity index (χ4v) is 1.29. The summed E-state index contributed by atoms with van der Waals surface area (Å²) < 4.78 is 12.9. The molecule has 0 saturated carbocycles. The molecular formula is C11H12FNO3. The van der Waals surface area contributed by atoms with E-state index in [1.807, 2.05) is 0 Å². The molecule has 0 spiro atoms. The number of carboxylic acid groups (broad SMARTS) is 1. The van der Waals surface area contributed by atoms with E-state index in [1.165, 1.54) is 18.2 Å². The zero-order valence-electron chi connectivity index (χ0n) is 8.81. The summed E-state index contributed by atoms with van der Waals surface area (Å²) in [7, 11) is 0. The van der Waals surface area contributed by atoms with Crippen molar-refractivity contribution in [2.24, 2.45) is 0 Å². The first-order chi connectivity index (χ1) is 7.54. The highest BCUT2D eigenvalue weighted by Crippen LogP contribution is 2.07. The Morgan fingerprint density at radius 1 is 1.44 bits per heavy atom. The molecule has 1 aromatic carbocycles. The van der Waals surface area contributed by atoms with Crippen LogP contribution in [0.25, 0.3) is 0 Å². The van der Waals surface area contributed by atoms with Crippen molar-refractivity contribution in [1.82, 2.24) is 4.90 Å². The van der Waals surface area contributed by atoms with Crippen molar-refractivity contribution in [3.8, 4) is 0 Å². The van der Waals surface area contributed by atoms with Crippen molar-refractivity contribution in [2.45, 2.75) is 6.92 Å². The SMILES string of the molecule is CCN(CC(=O)O)C(=O)c1cccc(F)c1. The highest BCUT2D eigenvalue weighted by atomic mass is 19.1. The molecule has 0 aliphatic heterocycles. The first-order valence-electron chi connectivity index (χ1n) is 4.81. The number of carboxylic acids is 1. The standard InChI is InChI=1S/C11H12FNO3/c1-2-13(7-10(14)15)11(16)8-4-3-5-9(12)6-8/h3-6H,2,7H2,1H3,(H,14,15). The van der Waals surface area contributed by atoms with Gasteiger partial charge in [0.25, 0.3) is 5.91 Å². The fraction of sp³-hybridized carbons (Fsp3) is 0.273. The summed E-state index contributed by atoms with van der Waals surface area (Å²) in [6.07, 6.45) is 0. The van der Waals surface area contributed by atoms with Crippen LogP contribution in [0.1, 0.15) is 17.3 Å². The third-order valence-electron chi connectivity index (χ3n) is 2.07. The Kier molecular flexibility index (Phi) is 3.99. The van der Waals surface area contributed by atoms with Crippen molar-refractivity contribution in [2.75, 3.05) is 13.1 Å². The average Bonchev–Trinajstić information content (AvgIpc) is 2.24. The Morgan fingerprint density at radius 2 is 2.12 bits per heavy atom. The molecule has 0 heterocycles. The summed E-state index contributed by atoms with van der Waals surface area (Å²) in [6.45, 7) is 1.55. The van der Waals surface area contributed by atoms with Crippen LogP contribution in [0.2, 0.25) is 0 Å². The van der Waals surface area contributed by atoms with Gasteiger partial charge in [-0.25, -0.2) is 4.39 Å². The van der Waals surface area contributed by atoms with Gasteiger partial charge < -0.3 is 10.0 Å². The number of hydrogen-bond donors (Lipinski definition) is 1. The van der Waals surface area contributed by atoms with Gasteiger partial charge in [-0.1, -0.05) is 6.07 Å². The number of nitrogens with zero attached hydrogens (tertiary/aromatic N) is 1. The van der Waals surface area contributed by atoms with Gasteiger partial charge in [0.05, 0.1) is 0 Å².